The Balaban J connectivity index is 1.43. The van der Waals surface area contributed by atoms with Gasteiger partial charge in [0.2, 0.25) is 12.6 Å². The van der Waals surface area contributed by atoms with Crippen LogP contribution < -0.4 is 9.47 Å². The minimum absolute atomic E-state index is 0.397. The first-order valence-corrected chi connectivity index (χ1v) is 17.0. The van der Waals surface area contributed by atoms with Crippen LogP contribution in [-0.2, 0) is 17.6 Å². The van der Waals surface area contributed by atoms with Gasteiger partial charge in [-0.25, -0.2) is 0 Å². The highest BCUT2D eigenvalue weighted by atomic mass is 16.8. The Labute approximate surface area is 251 Å². The van der Waals surface area contributed by atoms with Crippen molar-refractivity contribution >= 4 is 0 Å². The monoisotopic (exact) mass is 564 g/mol. The summed E-state index contributed by atoms with van der Waals surface area (Å²) in [6, 6.07) is 9.16. The van der Waals surface area contributed by atoms with E-state index in [1.54, 1.807) is 0 Å². The summed E-state index contributed by atoms with van der Waals surface area (Å²) in [6.45, 7) is 19.0. The molecule has 0 saturated carbocycles. The van der Waals surface area contributed by atoms with Crippen LogP contribution >= 0.6 is 0 Å². The topological polar surface area (TPSA) is 27.7 Å². The van der Waals surface area contributed by atoms with Crippen molar-refractivity contribution in [1.29, 1.82) is 0 Å². The van der Waals surface area contributed by atoms with Gasteiger partial charge in [0.1, 0.15) is 11.5 Å². The molecule has 0 aromatic heterocycles. The first-order valence-electron chi connectivity index (χ1n) is 17.0. The molecule has 0 spiro atoms. The van der Waals surface area contributed by atoms with E-state index in [0.717, 1.165) is 35.5 Å². The van der Waals surface area contributed by atoms with Gasteiger partial charge in [-0.3, -0.25) is 4.74 Å². The van der Waals surface area contributed by atoms with Gasteiger partial charge >= 0.3 is 0 Å². The molecule has 2 aliphatic rings. The zero-order valence-electron chi connectivity index (χ0n) is 27.2. The fourth-order valence-electron chi connectivity index (χ4n) is 6.88. The van der Waals surface area contributed by atoms with Crippen molar-refractivity contribution in [1.82, 2.24) is 0 Å². The molecular formula is C37H58NO3+. The van der Waals surface area contributed by atoms with E-state index in [0.29, 0.717) is 0 Å². The van der Waals surface area contributed by atoms with Crippen LogP contribution in [0.1, 0.15) is 144 Å². The lowest BCUT2D eigenvalue weighted by molar-refractivity contribution is -0.929. The van der Waals surface area contributed by atoms with Gasteiger partial charge in [-0.15, -0.1) is 0 Å². The standard InChI is InChI=1S/C37H58NO3/c1-7-11-15-18-30-24-28(5)34-32(26-30)36-40-35-29(6)25-31(27-33(35)37(39-34)41-36)19-16-17-23-38(20-12-8-2,21-13-9-3)22-14-10-4/h24-27,36-37H,7-23H2,1-6H3/q+1. The maximum absolute atomic E-state index is 6.53. The first-order chi connectivity index (χ1) is 19.9. The van der Waals surface area contributed by atoms with Crippen molar-refractivity contribution in [3.8, 4) is 11.5 Å². The molecule has 2 unspecified atom stereocenters. The minimum Gasteiger partial charge on any atom is -0.459 e. The second-order valence-corrected chi connectivity index (χ2v) is 12.9. The van der Waals surface area contributed by atoms with Crippen LogP contribution in [0.5, 0.6) is 11.5 Å². The maximum atomic E-state index is 6.53. The van der Waals surface area contributed by atoms with Crippen LogP contribution in [0.3, 0.4) is 0 Å². The summed E-state index contributed by atoms with van der Waals surface area (Å²) in [4.78, 5) is 0. The maximum Gasteiger partial charge on any atom is 0.233 e. The zero-order chi connectivity index (χ0) is 29.2. The number of nitrogens with zero attached hydrogens (tertiary/aromatic N) is 1. The summed E-state index contributed by atoms with van der Waals surface area (Å²) >= 11 is 0. The van der Waals surface area contributed by atoms with Crippen LogP contribution in [0.25, 0.3) is 0 Å². The normalized spacial score (nSPS) is 17.5. The molecule has 2 heterocycles. The number of rotatable bonds is 18. The third-order valence-corrected chi connectivity index (χ3v) is 9.31. The third kappa shape index (κ3) is 8.08. The minimum atomic E-state index is -0.402. The van der Waals surface area contributed by atoms with Gasteiger partial charge in [0.25, 0.3) is 0 Å². The SMILES string of the molecule is CCCCCc1cc(C)c2c(c1)C1Oc3c(C)cc(CCCC[N+](CCCC)(CCCC)CCCC)cc3C(O2)O1. The molecule has 0 aliphatic carbocycles. The number of fused-ring (bicyclic) bond motifs is 6. The van der Waals surface area contributed by atoms with E-state index in [-0.39, 0.29) is 0 Å². The van der Waals surface area contributed by atoms with Gasteiger partial charge in [-0.05, 0) is 99.6 Å². The third-order valence-electron chi connectivity index (χ3n) is 9.31. The van der Waals surface area contributed by atoms with Gasteiger partial charge in [0.15, 0.2) is 0 Å². The van der Waals surface area contributed by atoms with Crippen molar-refractivity contribution in [2.75, 3.05) is 26.2 Å². The van der Waals surface area contributed by atoms with Crippen LogP contribution in [0.2, 0.25) is 0 Å². The molecule has 0 fully saturated rings. The number of hydrogen-bond acceptors (Lipinski definition) is 3. The summed E-state index contributed by atoms with van der Waals surface area (Å²) < 4.78 is 20.7. The molecule has 0 radical (unpaired) electrons. The predicted octanol–water partition coefficient (Wildman–Crippen LogP) is 10.1. The fourth-order valence-corrected chi connectivity index (χ4v) is 6.88. The van der Waals surface area contributed by atoms with Gasteiger partial charge in [-0.2, -0.15) is 0 Å². The Morgan fingerprint density at radius 3 is 1.39 bits per heavy atom. The molecule has 2 atom stereocenters. The Morgan fingerprint density at radius 1 is 0.537 bits per heavy atom. The number of hydrogen-bond donors (Lipinski definition) is 0. The van der Waals surface area contributed by atoms with Gasteiger partial charge in [0.05, 0.1) is 37.3 Å². The summed E-state index contributed by atoms with van der Waals surface area (Å²) in [5, 5.41) is 0. The van der Waals surface area contributed by atoms with E-state index in [1.807, 2.05) is 0 Å². The van der Waals surface area contributed by atoms with E-state index >= 15 is 0 Å². The number of quaternary nitrogens is 1. The van der Waals surface area contributed by atoms with Gasteiger partial charge in [-0.1, -0.05) is 71.9 Å². The Hall–Kier alpha value is -2.04. The highest BCUT2D eigenvalue weighted by molar-refractivity contribution is 5.51. The molecule has 2 aromatic rings. The summed E-state index contributed by atoms with van der Waals surface area (Å²) in [7, 11) is 0. The molecule has 2 aliphatic heterocycles. The molecule has 228 valence electrons. The number of unbranched alkanes of at least 4 members (excludes halogenated alkanes) is 6. The average Bonchev–Trinajstić information content (AvgIpc) is 2.97. The predicted molar refractivity (Wildman–Crippen MR) is 171 cm³/mol. The van der Waals surface area contributed by atoms with Crippen LogP contribution in [0, 0.1) is 13.8 Å². The Kier molecular flexibility index (Phi) is 12.0. The second kappa shape index (κ2) is 15.4. The molecule has 4 rings (SSSR count). The molecule has 0 N–H and O–H groups in total. The molecule has 0 amide bonds. The molecule has 4 heteroatoms. The largest absolute Gasteiger partial charge is 0.459 e. The Morgan fingerprint density at radius 2 is 0.951 bits per heavy atom. The lowest BCUT2D eigenvalue weighted by Gasteiger charge is -2.39. The molecule has 41 heavy (non-hydrogen) atoms. The van der Waals surface area contributed by atoms with Gasteiger partial charge < -0.3 is 14.0 Å². The van der Waals surface area contributed by atoms with E-state index in [9.17, 15) is 0 Å². The number of ether oxygens (including phenoxy) is 3. The van der Waals surface area contributed by atoms with Crippen molar-refractivity contribution < 1.29 is 18.7 Å². The zero-order valence-corrected chi connectivity index (χ0v) is 27.2. The Bertz CT molecular complexity index is 1090. The lowest BCUT2D eigenvalue weighted by Crippen LogP contribution is -2.50. The molecular weight excluding hydrogens is 506 g/mol. The second-order valence-electron chi connectivity index (χ2n) is 12.9. The summed E-state index contributed by atoms with van der Waals surface area (Å²) in [6.07, 6.45) is 15.5. The van der Waals surface area contributed by atoms with Crippen molar-refractivity contribution in [3.63, 3.8) is 0 Å². The molecule has 2 aromatic carbocycles. The number of benzene rings is 2. The van der Waals surface area contributed by atoms with Crippen LogP contribution in [0.15, 0.2) is 24.3 Å². The molecule has 0 saturated heterocycles. The van der Waals surface area contributed by atoms with Crippen LogP contribution in [0.4, 0.5) is 0 Å². The van der Waals surface area contributed by atoms with Crippen molar-refractivity contribution in [2.45, 2.75) is 138 Å². The van der Waals surface area contributed by atoms with E-state index in [1.165, 1.54) is 124 Å². The van der Waals surface area contributed by atoms with E-state index in [4.69, 9.17) is 14.2 Å². The first kappa shape index (κ1) is 31.9. The molecule has 4 nitrogen and oxygen atoms in total. The van der Waals surface area contributed by atoms with Gasteiger partial charge in [0, 0.05) is 0 Å². The quantitative estimate of drug-likeness (QED) is 0.133. The highest BCUT2D eigenvalue weighted by Gasteiger charge is 2.39. The van der Waals surface area contributed by atoms with E-state index < -0.39 is 12.6 Å². The lowest BCUT2D eigenvalue weighted by atomic mass is 9.96. The average molecular weight is 565 g/mol. The molecule has 2 bridgehead atoms. The van der Waals surface area contributed by atoms with Crippen LogP contribution in [-0.4, -0.2) is 30.7 Å². The smallest absolute Gasteiger partial charge is 0.233 e. The van der Waals surface area contributed by atoms with E-state index in [2.05, 4.69) is 65.8 Å². The van der Waals surface area contributed by atoms with Crippen molar-refractivity contribution in [2.24, 2.45) is 0 Å². The van der Waals surface area contributed by atoms with Crippen molar-refractivity contribution in [3.05, 3.63) is 57.6 Å². The summed E-state index contributed by atoms with van der Waals surface area (Å²) in [5.41, 5.74) is 7.19. The summed E-state index contributed by atoms with van der Waals surface area (Å²) in [5.74, 6) is 1.89. The fraction of sp³-hybridized carbons (Fsp3) is 0.676. The highest BCUT2D eigenvalue weighted by Crippen LogP contribution is 2.50. The number of aryl methyl sites for hydroxylation is 4.